The molecule has 1 saturated heterocycles. The lowest BCUT2D eigenvalue weighted by atomic mass is 10.2. The minimum atomic E-state index is -0.234. The van der Waals surface area contributed by atoms with Crippen LogP contribution < -0.4 is 10.6 Å². The number of hydrogen-bond acceptors (Lipinski definition) is 5. The second-order valence-corrected chi connectivity index (χ2v) is 3.70. The third kappa shape index (κ3) is 2.59. The first kappa shape index (κ1) is 11.1. The highest BCUT2D eigenvalue weighted by molar-refractivity contribution is 5.92. The van der Waals surface area contributed by atoms with Crippen LogP contribution in [-0.2, 0) is 4.74 Å². The van der Waals surface area contributed by atoms with Crippen molar-refractivity contribution < 1.29 is 13.9 Å². The predicted molar refractivity (Wildman–Crippen MR) is 56.2 cm³/mol. The van der Waals surface area contributed by atoms with E-state index < -0.39 is 0 Å². The van der Waals surface area contributed by atoms with Gasteiger partial charge >= 0.3 is 0 Å². The van der Waals surface area contributed by atoms with E-state index in [1.807, 2.05) is 0 Å². The summed E-state index contributed by atoms with van der Waals surface area (Å²) in [6.45, 7) is 4.43. The zero-order chi connectivity index (χ0) is 11.4. The third-order valence-electron chi connectivity index (χ3n) is 2.46. The standard InChI is InChI=1S/C10H15N3O3/c1-7-9(16-6-13-7)10(14)12-4-8-5-15-3-2-11-8/h6,8,11H,2-5H2,1H3,(H,12,14). The number of oxazole rings is 1. The molecule has 0 aliphatic carbocycles. The molecule has 6 heteroatoms. The van der Waals surface area contributed by atoms with Gasteiger partial charge in [-0.05, 0) is 6.92 Å². The van der Waals surface area contributed by atoms with Crippen LogP contribution in [0.25, 0.3) is 0 Å². The number of carbonyl (C=O) groups is 1. The number of ether oxygens (including phenoxy) is 1. The van der Waals surface area contributed by atoms with Gasteiger partial charge in [0.25, 0.3) is 5.91 Å². The minimum Gasteiger partial charge on any atom is -0.438 e. The van der Waals surface area contributed by atoms with E-state index in [2.05, 4.69) is 15.6 Å². The summed E-state index contributed by atoms with van der Waals surface area (Å²) < 4.78 is 10.3. The van der Waals surface area contributed by atoms with Crippen LogP contribution in [0.5, 0.6) is 0 Å². The maximum Gasteiger partial charge on any atom is 0.289 e. The van der Waals surface area contributed by atoms with Gasteiger partial charge in [0.05, 0.1) is 18.9 Å². The average Bonchev–Trinajstić information content (AvgIpc) is 2.74. The Morgan fingerprint density at radius 1 is 1.75 bits per heavy atom. The van der Waals surface area contributed by atoms with E-state index in [1.54, 1.807) is 6.92 Å². The number of nitrogens with zero attached hydrogens (tertiary/aromatic N) is 1. The van der Waals surface area contributed by atoms with Gasteiger partial charge in [-0.2, -0.15) is 0 Å². The molecule has 0 saturated carbocycles. The van der Waals surface area contributed by atoms with Crippen LogP contribution in [-0.4, -0.2) is 43.2 Å². The Kier molecular flexibility index (Phi) is 3.53. The molecule has 1 aromatic rings. The second kappa shape index (κ2) is 5.09. The zero-order valence-electron chi connectivity index (χ0n) is 9.16. The number of amides is 1. The fourth-order valence-corrected chi connectivity index (χ4v) is 1.57. The summed E-state index contributed by atoms with van der Waals surface area (Å²) in [5.41, 5.74) is 0.602. The molecule has 1 unspecified atom stereocenters. The van der Waals surface area contributed by atoms with E-state index in [0.717, 1.165) is 13.2 Å². The van der Waals surface area contributed by atoms with Crippen molar-refractivity contribution >= 4 is 5.91 Å². The lowest BCUT2D eigenvalue weighted by molar-refractivity contribution is 0.0727. The van der Waals surface area contributed by atoms with Crippen LogP contribution in [0.15, 0.2) is 10.8 Å². The van der Waals surface area contributed by atoms with E-state index in [1.165, 1.54) is 6.39 Å². The lowest BCUT2D eigenvalue weighted by Gasteiger charge is -2.23. The van der Waals surface area contributed by atoms with E-state index in [4.69, 9.17) is 9.15 Å². The van der Waals surface area contributed by atoms with Gasteiger partial charge in [-0.1, -0.05) is 0 Å². The molecule has 0 bridgehead atoms. The van der Waals surface area contributed by atoms with Gasteiger partial charge in [-0.25, -0.2) is 4.98 Å². The number of aromatic nitrogens is 1. The first-order valence-corrected chi connectivity index (χ1v) is 5.27. The molecule has 1 aliphatic heterocycles. The second-order valence-electron chi connectivity index (χ2n) is 3.70. The number of nitrogens with one attached hydrogen (secondary N) is 2. The van der Waals surface area contributed by atoms with E-state index in [0.29, 0.717) is 18.8 Å². The smallest absolute Gasteiger partial charge is 0.289 e. The molecule has 2 N–H and O–H groups in total. The van der Waals surface area contributed by atoms with E-state index in [-0.39, 0.29) is 17.7 Å². The molecule has 1 amide bonds. The predicted octanol–water partition coefficient (Wildman–Crippen LogP) is -0.299. The summed E-state index contributed by atoms with van der Waals surface area (Å²) in [5.74, 6) is 0.0408. The molecular weight excluding hydrogens is 210 g/mol. The van der Waals surface area contributed by atoms with E-state index >= 15 is 0 Å². The van der Waals surface area contributed by atoms with Gasteiger partial charge in [-0.3, -0.25) is 4.79 Å². The largest absolute Gasteiger partial charge is 0.438 e. The summed E-state index contributed by atoms with van der Waals surface area (Å²) in [6, 6.07) is 0.168. The maximum absolute atomic E-state index is 11.7. The highest BCUT2D eigenvalue weighted by Gasteiger charge is 2.17. The Bertz CT molecular complexity index is 358. The van der Waals surface area contributed by atoms with Gasteiger partial charge in [-0.15, -0.1) is 0 Å². The summed E-state index contributed by atoms with van der Waals surface area (Å²) in [5, 5.41) is 6.03. The third-order valence-corrected chi connectivity index (χ3v) is 2.46. The molecule has 0 aromatic carbocycles. The average molecular weight is 225 g/mol. The SMILES string of the molecule is Cc1ncoc1C(=O)NCC1COCCN1. The van der Waals surface area contributed by atoms with Crippen molar-refractivity contribution in [2.24, 2.45) is 0 Å². The zero-order valence-corrected chi connectivity index (χ0v) is 9.16. The van der Waals surface area contributed by atoms with Crippen LogP contribution in [0.4, 0.5) is 0 Å². The Morgan fingerprint density at radius 2 is 2.62 bits per heavy atom. The molecule has 0 radical (unpaired) electrons. The van der Waals surface area contributed by atoms with Crippen molar-refractivity contribution in [1.29, 1.82) is 0 Å². The molecule has 1 atom stereocenters. The highest BCUT2D eigenvalue weighted by atomic mass is 16.5. The highest BCUT2D eigenvalue weighted by Crippen LogP contribution is 2.04. The van der Waals surface area contributed by atoms with Gasteiger partial charge in [0.1, 0.15) is 0 Å². The Labute approximate surface area is 93.4 Å². The summed E-state index contributed by atoms with van der Waals surface area (Å²) in [4.78, 5) is 15.5. The molecule has 0 spiro atoms. The topological polar surface area (TPSA) is 76.4 Å². The molecule has 16 heavy (non-hydrogen) atoms. The number of carbonyl (C=O) groups excluding carboxylic acids is 1. The molecule has 88 valence electrons. The monoisotopic (exact) mass is 225 g/mol. The minimum absolute atomic E-state index is 0.168. The van der Waals surface area contributed by atoms with Crippen LogP contribution >= 0.6 is 0 Å². The number of hydrogen-bond donors (Lipinski definition) is 2. The first-order valence-electron chi connectivity index (χ1n) is 5.27. The van der Waals surface area contributed by atoms with Gasteiger partial charge < -0.3 is 19.8 Å². The summed E-state index contributed by atoms with van der Waals surface area (Å²) in [7, 11) is 0. The van der Waals surface area contributed by atoms with Gasteiger partial charge in [0.15, 0.2) is 6.39 Å². The van der Waals surface area contributed by atoms with Crippen molar-refractivity contribution in [3.05, 3.63) is 17.8 Å². The van der Waals surface area contributed by atoms with E-state index in [9.17, 15) is 4.79 Å². The van der Waals surface area contributed by atoms with Crippen molar-refractivity contribution in [2.45, 2.75) is 13.0 Å². The lowest BCUT2D eigenvalue weighted by Crippen LogP contribution is -2.48. The van der Waals surface area contributed by atoms with Crippen molar-refractivity contribution in [2.75, 3.05) is 26.3 Å². The number of rotatable bonds is 3. The van der Waals surface area contributed by atoms with Crippen LogP contribution in [0.1, 0.15) is 16.2 Å². The van der Waals surface area contributed by atoms with Crippen LogP contribution in [0.2, 0.25) is 0 Å². The number of morpholine rings is 1. The molecule has 2 heterocycles. The van der Waals surface area contributed by atoms with Gasteiger partial charge in [0.2, 0.25) is 5.76 Å². The quantitative estimate of drug-likeness (QED) is 0.738. The first-order chi connectivity index (χ1) is 7.77. The van der Waals surface area contributed by atoms with Crippen LogP contribution in [0.3, 0.4) is 0 Å². The Hall–Kier alpha value is -1.40. The van der Waals surface area contributed by atoms with Crippen molar-refractivity contribution in [3.8, 4) is 0 Å². The maximum atomic E-state index is 11.7. The molecule has 2 rings (SSSR count). The summed E-state index contributed by atoms with van der Waals surface area (Å²) >= 11 is 0. The number of aryl methyl sites for hydroxylation is 1. The van der Waals surface area contributed by atoms with Gasteiger partial charge in [0, 0.05) is 19.1 Å². The fourth-order valence-electron chi connectivity index (χ4n) is 1.57. The van der Waals surface area contributed by atoms with Crippen molar-refractivity contribution in [3.63, 3.8) is 0 Å². The Balaban J connectivity index is 1.81. The van der Waals surface area contributed by atoms with Crippen molar-refractivity contribution in [1.82, 2.24) is 15.6 Å². The molecular formula is C10H15N3O3. The molecule has 1 aliphatic rings. The molecule has 1 fully saturated rings. The Morgan fingerprint density at radius 3 is 3.25 bits per heavy atom. The molecule has 6 nitrogen and oxygen atoms in total. The summed E-state index contributed by atoms with van der Waals surface area (Å²) in [6.07, 6.45) is 1.27. The normalized spacial score (nSPS) is 20.7. The molecule has 1 aromatic heterocycles. The fraction of sp³-hybridized carbons (Fsp3) is 0.600. The van der Waals surface area contributed by atoms with Crippen LogP contribution in [0, 0.1) is 6.92 Å².